The maximum absolute atomic E-state index is 3.91. The van der Waals surface area contributed by atoms with Gasteiger partial charge in [-0.2, -0.15) is 0 Å². The van der Waals surface area contributed by atoms with Crippen molar-refractivity contribution >= 4 is 27.7 Å². The lowest BCUT2D eigenvalue weighted by atomic mass is 9.92. The molecule has 4 rings (SSSR count). The first-order valence-electron chi connectivity index (χ1n) is 6.79. The van der Waals surface area contributed by atoms with E-state index in [4.69, 9.17) is 0 Å². The van der Waals surface area contributed by atoms with Gasteiger partial charge in [0, 0.05) is 20.9 Å². The minimum Gasteiger partial charge on any atom is -0.121 e. The van der Waals surface area contributed by atoms with Crippen molar-refractivity contribution in [2.75, 3.05) is 0 Å². The molecule has 0 spiro atoms. The van der Waals surface area contributed by atoms with E-state index in [9.17, 15) is 0 Å². The van der Waals surface area contributed by atoms with Gasteiger partial charge in [0.25, 0.3) is 0 Å². The highest BCUT2D eigenvalue weighted by atomic mass is 79.9. The average molecular weight is 331 g/mol. The lowest BCUT2D eigenvalue weighted by Crippen LogP contribution is -2.11. The Labute approximate surface area is 126 Å². The van der Waals surface area contributed by atoms with Gasteiger partial charge in [-0.05, 0) is 35.6 Å². The predicted molar refractivity (Wildman–Crippen MR) is 85.3 cm³/mol. The van der Waals surface area contributed by atoms with E-state index in [1.165, 1.54) is 11.3 Å². The van der Waals surface area contributed by atoms with Crippen molar-refractivity contribution in [3.8, 4) is 0 Å². The molecule has 0 amide bonds. The molecule has 1 saturated carbocycles. The van der Waals surface area contributed by atoms with Crippen LogP contribution >= 0.6 is 27.7 Å². The Morgan fingerprint density at radius 3 is 2.37 bits per heavy atom. The molecule has 2 aliphatic rings. The van der Waals surface area contributed by atoms with Gasteiger partial charge < -0.3 is 0 Å². The molecule has 0 N–H and O–H groups in total. The van der Waals surface area contributed by atoms with Crippen LogP contribution in [0.25, 0.3) is 0 Å². The highest BCUT2D eigenvalue weighted by molar-refractivity contribution is 9.09. The van der Waals surface area contributed by atoms with Gasteiger partial charge in [-0.3, -0.25) is 0 Å². The smallest absolute Gasteiger partial charge is 0.0243 e. The Bertz CT molecular complexity index is 595. The molecule has 96 valence electrons. The topological polar surface area (TPSA) is 0 Å². The quantitative estimate of drug-likeness (QED) is 0.682. The van der Waals surface area contributed by atoms with Gasteiger partial charge >= 0.3 is 0 Å². The summed E-state index contributed by atoms with van der Waals surface area (Å²) in [7, 11) is 0. The van der Waals surface area contributed by atoms with E-state index in [1.54, 1.807) is 11.1 Å². The molecule has 2 aliphatic carbocycles. The van der Waals surface area contributed by atoms with Crippen molar-refractivity contribution in [3.63, 3.8) is 0 Å². The summed E-state index contributed by atoms with van der Waals surface area (Å²) in [4.78, 5) is 2.05. The summed E-state index contributed by atoms with van der Waals surface area (Å²) >= 11 is 5.97. The van der Waals surface area contributed by atoms with Crippen molar-refractivity contribution in [2.45, 2.75) is 33.2 Å². The van der Waals surface area contributed by atoms with Gasteiger partial charge in [-0.25, -0.2) is 0 Å². The van der Waals surface area contributed by atoms with Crippen LogP contribution in [0.2, 0.25) is 0 Å². The molecular formula is C17H15BrS. The molecule has 2 aromatic carbocycles. The Hall–Kier alpha value is -0.730. The van der Waals surface area contributed by atoms with E-state index in [0.717, 1.165) is 5.92 Å². The van der Waals surface area contributed by atoms with Gasteiger partial charge in [-0.15, -0.1) is 11.8 Å². The van der Waals surface area contributed by atoms with Crippen LogP contribution in [0, 0.1) is 0 Å². The molecule has 2 bridgehead atoms. The normalized spacial score (nSPS) is 31.4. The maximum Gasteiger partial charge on any atom is 0.0243 e. The summed E-state index contributed by atoms with van der Waals surface area (Å²) < 4.78 is 0. The minimum atomic E-state index is 0.647. The minimum absolute atomic E-state index is 0.647. The van der Waals surface area contributed by atoms with E-state index in [0.29, 0.717) is 16.0 Å². The molecular weight excluding hydrogens is 316 g/mol. The maximum atomic E-state index is 3.91. The van der Waals surface area contributed by atoms with Crippen LogP contribution in [0.5, 0.6) is 0 Å². The number of hydrogen-bond donors (Lipinski definition) is 0. The van der Waals surface area contributed by atoms with Gasteiger partial charge in [-0.1, -0.05) is 58.4 Å². The van der Waals surface area contributed by atoms with E-state index in [2.05, 4.69) is 82.3 Å². The Balaban J connectivity index is 1.69. The van der Waals surface area contributed by atoms with E-state index >= 15 is 0 Å². The number of fused-ring (bicyclic) bond motifs is 5. The number of benzene rings is 2. The van der Waals surface area contributed by atoms with Crippen molar-refractivity contribution in [1.29, 1.82) is 0 Å². The molecule has 0 radical (unpaired) electrons. The second-order valence-electron chi connectivity index (χ2n) is 5.41. The van der Waals surface area contributed by atoms with Crippen molar-refractivity contribution in [1.82, 2.24) is 0 Å². The lowest BCUT2D eigenvalue weighted by Gasteiger charge is -2.19. The lowest BCUT2D eigenvalue weighted by molar-refractivity contribution is 0.743. The fourth-order valence-electron chi connectivity index (χ4n) is 3.62. The van der Waals surface area contributed by atoms with Gasteiger partial charge in [0.15, 0.2) is 0 Å². The summed E-state index contributed by atoms with van der Waals surface area (Å²) in [5.74, 6) is 1.39. The third kappa shape index (κ3) is 1.88. The fourth-order valence-corrected chi connectivity index (χ4v) is 6.37. The molecule has 0 aromatic heterocycles. The zero-order valence-corrected chi connectivity index (χ0v) is 12.9. The van der Waals surface area contributed by atoms with Crippen LogP contribution in [0.3, 0.4) is 0 Å². The third-order valence-corrected chi connectivity index (χ3v) is 6.77. The molecule has 0 nitrogen and oxygen atoms in total. The van der Waals surface area contributed by atoms with E-state index in [-0.39, 0.29) is 0 Å². The predicted octanol–water partition coefficient (Wildman–Crippen LogP) is 5.20. The molecule has 0 heterocycles. The molecule has 2 aromatic rings. The number of halogens is 1. The van der Waals surface area contributed by atoms with Crippen molar-refractivity contribution in [2.24, 2.45) is 0 Å². The van der Waals surface area contributed by atoms with Gasteiger partial charge in [0.05, 0.1) is 0 Å². The summed E-state index contributed by atoms with van der Waals surface area (Å²) in [6.45, 7) is 0. The zero-order chi connectivity index (χ0) is 12.8. The molecule has 1 fully saturated rings. The molecule has 0 saturated heterocycles. The first-order valence-corrected chi connectivity index (χ1v) is 8.59. The average Bonchev–Trinajstić information content (AvgIpc) is 2.92. The van der Waals surface area contributed by atoms with E-state index < -0.39 is 0 Å². The molecule has 0 aliphatic heterocycles. The van der Waals surface area contributed by atoms with Crippen LogP contribution in [0.1, 0.15) is 29.4 Å². The zero-order valence-electron chi connectivity index (χ0n) is 10.5. The van der Waals surface area contributed by atoms with Gasteiger partial charge in [0.1, 0.15) is 0 Å². The summed E-state index contributed by atoms with van der Waals surface area (Å²) in [5, 5.41) is 0.698. The van der Waals surface area contributed by atoms with Crippen molar-refractivity contribution in [3.05, 3.63) is 65.7 Å². The van der Waals surface area contributed by atoms with Crippen LogP contribution in [-0.4, -0.2) is 10.1 Å². The second-order valence-corrected chi connectivity index (χ2v) is 7.84. The van der Waals surface area contributed by atoms with Crippen LogP contribution in [-0.2, 0) is 0 Å². The first kappa shape index (κ1) is 12.0. The standard InChI is InChI=1S/C17H15BrS/c18-15-10-14-12-8-4-5-9-13(12)16(15)17(14)19-11-6-2-1-3-7-11/h1-9,14-17H,10H2. The Morgan fingerprint density at radius 1 is 0.895 bits per heavy atom. The highest BCUT2D eigenvalue weighted by Crippen LogP contribution is 2.60. The van der Waals surface area contributed by atoms with Gasteiger partial charge in [0.2, 0.25) is 0 Å². The molecule has 19 heavy (non-hydrogen) atoms. The molecule has 4 unspecified atom stereocenters. The monoisotopic (exact) mass is 330 g/mol. The summed E-state index contributed by atoms with van der Waals surface area (Å²) in [6.07, 6.45) is 1.28. The first-order chi connectivity index (χ1) is 9.34. The molecule has 4 atom stereocenters. The third-order valence-electron chi connectivity index (χ3n) is 4.39. The van der Waals surface area contributed by atoms with Crippen LogP contribution in [0.4, 0.5) is 0 Å². The largest absolute Gasteiger partial charge is 0.121 e. The second kappa shape index (κ2) is 4.68. The highest BCUT2D eigenvalue weighted by Gasteiger charge is 2.50. The number of rotatable bonds is 2. The Morgan fingerprint density at radius 2 is 1.58 bits per heavy atom. The SMILES string of the molecule is BrC1CC2c3ccccc3C1C2Sc1ccccc1. The van der Waals surface area contributed by atoms with E-state index in [1.807, 2.05) is 0 Å². The number of alkyl halides is 1. The van der Waals surface area contributed by atoms with Crippen LogP contribution in [0.15, 0.2) is 59.5 Å². The number of thioether (sulfide) groups is 1. The van der Waals surface area contributed by atoms with Crippen molar-refractivity contribution < 1.29 is 0 Å². The van der Waals surface area contributed by atoms with Crippen LogP contribution < -0.4 is 0 Å². The summed E-state index contributed by atoms with van der Waals surface area (Å²) in [6, 6.07) is 19.9. The fraction of sp³-hybridized carbons (Fsp3) is 0.294. The number of hydrogen-bond acceptors (Lipinski definition) is 1. The Kier molecular flexibility index (Phi) is 2.96. The summed E-state index contributed by atoms with van der Waals surface area (Å²) in [5.41, 5.74) is 3.17. The molecule has 2 heteroatoms.